The number of halogens is 5. The Morgan fingerprint density at radius 3 is 1.29 bits per heavy atom. The first-order chi connectivity index (χ1) is 63.9. The van der Waals surface area contributed by atoms with Gasteiger partial charge in [0.05, 0.1) is 35.5 Å². The number of likely N-dealkylation sites (tertiary alicyclic amines) is 5. The maximum atomic E-state index is 16.0. The Labute approximate surface area is 786 Å². The second-order valence-electron chi connectivity index (χ2n) is 43.5. The van der Waals surface area contributed by atoms with Crippen LogP contribution in [0.1, 0.15) is 308 Å². The fraction of sp³-hybridized carbons (Fsp3) is 0.673. The molecule has 15 fully saturated rings. The van der Waals surface area contributed by atoms with Gasteiger partial charge in [-0.3, -0.25) is 9.69 Å². The van der Waals surface area contributed by atoms with Gasteiger partial charge < -0.3 is 52.8 Å². The van der Waals surface area contributed by atoms with Crippen molar-refractivity contribution in [2.24, 2.45) is 59.2 Å². The Hall–Kier alpha value is -6.60. The monoisotopic (exact) mass is 1820 g/mol. The first-order valence-electron chi connectivity index (χ1n) is 52.2. The summed E-state index contributed by atoms with van der Waals surface area (Å²) < 4.78 is 95.3. The SMILES string of the molecule is COc1cc(F)c(F)cc1C1CCN([C@@H]2C[C@H]3CC[C@H]2C3)CC1.COc1ccc(-c2ccc3c(c2)OCO3)cc1C1CCN(C2CCC3CCC(C3)C2)CC1.COc1ccc(CC(C)=O)cc1C1CCN(C2CC[C@H]3CC[C@H](C2)C3)CC1.COc1ccc(Cl)cc1C1(F)CCN(C2C3CCCCC2CCCC3)CC1.COc1ccc(F)cc1C1CCN([C@H]2C[C@H]3CC[C@H]2C3)CC1. The summed E-state index contributed by atoms with van der Waals surface area (Å²) in [7, 11) is 8.39. The topological polar surface area (TPSA) is 97.9 Å². The molecule has 0 N–H and O–H groups in total. The first-order valence-corrected chi connectivity index (χ1v) is 52.6. The Morgan fingerprint density at radius 1 is 0.374 bits per heavy atom. The number of carbonyl (C=O) groups excluding carboxylic acids is 1. The highest BCUT2D eigenvalue weighted by atomic mass is 35.5. The Kier molecular flexibility index (Phi) is 31.7. The van der Waals surface area contributed by atoms with Gasteiger partial charge in [-0.1, -0.05) is 100 Å². The second-order valence-corrected chi connectivity index (χ2v) is 44.0. The molecular formula is C113H154ClF4N5O8. The second kappa shape index (κ2) is 43.8. The van der Waals surface area contributed by atoms with E-state index in [2.05, 4.69) is 67.0 Å². The molecule has 22 rings (SSSR count). The zero-order chi connectivity index (χ0) is 90.2. The Morgan fingerprint density at radius 2 is 0.794 bits per heavy atom. The minimum atomic E-state index is -1.33. The molecule has 10 bridgehead atoms. The van der Waals surface area contributed by atoms with E-state index in [9.17, 15) is 18.0 Å². The quantitative estimate of drug-likeness (QED) is 0.0765. The highest BCUT2D eigenvalue weighted by Gasteiger charge is 2.48. The summed E-state index contributed by atoms with van der Waals surface area (Å²) in [6.45, 7) is 13.0. The molecule has 0 radical (unpaired) electrons. The lowest BCUT2D eigenvalue weighted by atomic mass is 9.80. The molecule has 16 aliphatic rings. The Balaban J connectivity index is 0.000000111. The third-order valence-electron chi connectivity index (χ3n) is 36.1. The highest BCUT2D eigenvalue weighted by molar-refractivity contribution is 6.30. The highest BCUT2D eigenvalue weighted by Crippen LogP contribution is 2.54. The van der Waals surface area contributed by atoms with Crippen molar-refractivity contribution in [3.05, 3.63) is 159 Å². The summed E-state index contributed by atoms with van der Waals surface area (Å²) >= 11 is 6.17. The number of nitrogens with zero attached hydrogens (tertiary/aromatic N) is 5. The van der Waals surface area contributed by atoms with E-state index in [-0.39, 0.29) is 17.5 Å². The average molecular weight is 1820 g/mol. The fourth-order valence-electron chi connectivity index (χ4n) is 29.3. The zero-order valence-corrected chi connectivity index (χ0v) is 80.8. The molecule has 6 aliphatic heterocycles. The Bertz CT molecular complexity index is 4720. The van der Waals surface area contributed by atoms with Crippen molar-refractivity contribution in [2.45, 2.75) is 317 Å². The van der Waals surface area contributed by atoms with Gasteiger partial charge in [0.15, 0.2) is 23.1 Å². The van der Waals surface area contributed by atoms with Gasteiger partial charge in [0.25, 0.3) is 0 Å². The van der Waals surface area contributed by atoms with Crippen molar-refractivity contribution < 1.29 is 55.5 Å². The van der Waals surface area contributed by atoms with E-state index in [1.807, 2.05) is 12.1 Å². The minimum absolute atomic E-state index is 0.147. The third-order valence-corrected chi connectivity index (χ3v) is 36.4. The molecule has 131 heavy (non-hydrogen) atoms. The number of Topliss-reactive ketones (excluding diaryl/α,β-unsaturated/α-hetero) is 1. The molecule has 10 saturated carbocycles. The normalized spacial score (nSPS) is 30.5. The van der Waals surface area contributed by atoms with Crippen LogP contribution in [0.4, 0.5) is 17.6 Å². The maximum absolute atomic E-state index is 16.0. The van der Waals surface area contributed by atoms with Crippen LogP contribution in [0.5, 0.6) is 40.2 Å². The van der Waals surface area contributed by atoms with Crippen LogP contribution in [0.3, 0.4) is 0 Å². The van der Waals surface area contributed by atoms with Crippen molar-refractivity contribution in [1.82, 2.24) is 24.5 Å². The number of hydrogen-bond acceptors (Lipinski definition) is 13. The molecule has 0 spiro atoms. The molecule has 18 heteroatoms. The van der Waals surface area contributed by atoms with Crippen LogP contribution in [0, 0.1) is 76.6 Å². The molecule has 12 atom stereocenters. The minimum Gasteiger partial charge on any atom is -0.496 e. The number of ketones is 1. The molecule has 0 aromatic heterocycles. The summed E-state index contributed by atoms with van der Waals surface area (Å²) in [4.78, 5) is 25.2. The number of fused-ring (bicyclic) bond motifs is 11. The number of benzene rings is 6. The maximum Gasteiger partial charge on any atom is 0.231 e. The van der Waals surface area contributed by atoms with Gasteiger partial charge in [0.1, 0.15) is 46.0 Å². The van der Waals surface area contributed by atoms with E-state index in [4.69, 9.17) is 44.8 Å². The van der Waals surface area contributed by atoms with Crippen molar-refractivity contribution in [3.63, 3.8) is 0 Å². The predicted octanol–water partition coefficient (Wildman–Crippen LogP) is 26.1. The lowest BCUT2D eigenvalue weighted by molar-refractivity contribution is -0.116. The molecule has 0 amide bonds. The number of methoxy groups -OCH3 is 5. The number of hydrogen-bond donors (Lipinski definition) is 0. The molecule has 4 unspecified atom stereocenters. The molecule has 5 saturated heterocycles. The van der Waals surface area contributed by atoms with Crippen LogP contribution in [-0.4, -0.2) is 168 Å². The van der Waals surface area contributed by atoms with E-state index in [0.29, 0.717) is 71.9 Å². The molecule has 6 heterocycles. The van der Waals surface area contributed by atoms with Gasteiger partial charge in [-0.15, -0.1) is 0 Å². The first kappa shape index (κ1) is 94.7. The van der Waals surface area contributed by atoms with E-state index in [1.54, 1.807) is 65.7 Å². The molecule has 13 nitrogen and oxygen atoms in total. The van der Waals surface area contributed by atoms with Crippen LogP contribution in [0.2, 0.25) is 5.02 Å². The van der Waals surface area contributed by atoms with Gasteiger partial charge in [-0.25, -0.2) is 17.6 Å². The number of piperidine rings is 5. The van der Waals surface area contributed by atoms with Crippen LogP contribution >= 0.6 is 11.6 Å². The summed E-state index contributed by atoms with van der Waals surface area (Å²) in [6.07, 6.45) is 51.0. The smallest absolute Gasteiger partial charge is 0.231 e. The average Bonchev–Trinajstić information content (AvgIpc) is 1.74. The molecule has 6 aromatic rings. The largest absolute Gasteiger partial charge is 0.496 e. The molecule has 10 aliphatic carbocycles. The zero-order valence-electron chi connectivity index (χ0n) is 80.0. The third kappa shape index (κ3) is 22.5. The van der Waals surface area contributed by atoms with E-state index < -0.39 is 17.3 Å². The standard InChI is InChI=1S/C28H35NO3.C24H35NO2.C23H33ClFNO.C19H25F2NO.C19H26FNO/c1-30-26-8-5-22(23-6-9-27-28(17-23)32-18-31-27)16-25(26)21-10-12-29(13-11-21)24-7-4-19-2-3-20(14-19)15-24;1-17(26)13-19-6-8-24(27-2)23(16-19)21-9-11-25(12-10-21)22-7-5-18-3-4-20(14-18)15-22;1-27-21-11-10-19(24)16-20(21)23(25)12-14-26(15-13-23)22-17-6-2-3-7-18(22)9-5-4-8-17;1-23-19-11-17(21)16(20)10-15(19)13-4-6-22(7-5-13)18-9-12-2-3-14(18)8-12;1-22-19-5-4-16(20)12-17(19)14-6-8-21(9-7-14)18-11-13-2-3-15(18)10-13/h5-6,8-9,16-17,19-21,24H,2-4,7,10-15,18H2,1H3;6,8,16,18,20-22H,3-5,7,9-15H2,1-2H3;10-11,16-18,22H,2-9,12-15H2,1H3;10-14,18H,2-9H2,1H3;4-5,12-15,18H,2-3,6-11H2,1H3/t;18-,20+,22?;;12-,14-,18+;13-,15-,18-/m.1.00/s1. The van der Waals surface area contributed by atoms with Crippen LogP contribution < -0.4 is 33.2 Å². The summed E-state index contributed by atoms with van der Waals surface area (Å²) in [5, 5.41) is 0.583. The molecule has 6 aromatic carbocycles. The van der Waals surface area contributed by atoms with Gasteiger partial charge in [-0.05, 0) is 423 Å². The van der Waals surface area contributed by atoms with Crippen LogP contribution in [-0.2, 0) is 16.9 Å². The van der Waals surface area contributed by atoms with Gasteiger partial charge >= 0.3 is 0 Å². The lowest BCUT2D eigenvalue weighted by Crippen LogP contribution is -2.50. The van der Waals surface area contributed by atoms with E-state index in [0.717, 1.165) is 194 Å². The number of rotatable bonds is 18. The van der Waals surface area contributed by atoms with Crippen molar-refractivity contribution >= 4 is 17.4 Å². The molecular weight excluding hydrogens is 1670 g/mol. The van der Waals surface area contributed by atoms with Crippen molar-refractivity contribution in [2.75, 3.05) is 108 Å². The number of alkyl halides is 1. The summed E-state index contributed by atoms with van der Waals surface area (Å²) in [5.41, 5.74) is 7.40. The number of carbonyl (C=O) groups is 1. The van der Waals surface area contributed by atoms with Crippen molar-refractivity contribution in [3.8, 4) is 51.4 Å². The summed E-state index contributed by atoms with van der Waals surface area (Å²) in [6, 6.07) is 36.0. The van der Waals surface area contributed by atoms with E-state index >= 15 is 4.39 Å². The number of ether oxygens (including phenoxy) is 7. The lowest BCUT2D eigenvalue weighted by Gasteiger charge is -2.45. The fourth-order valence-corrected chi connectivity index (χ4v) is 29.5. The van der Waals surface area contributed by atoms with Crippen LogP contribution in [0.15, 0.2) is 103 Å². The van der Waals surface area contributed by atoms with Gasteiger partial charge in [-0.2, -0.15) is 0 Å². The van der Waals surface area contributed by atoms with E-state index in [1.165, 1.54) is 279 Å². The van der Waals surface area contributed by atoms with Gasteiger partial charge in [0, 0.05) is 77.5 Å². The summed E-state index contributed by atoms with van der Waals surface area (Å²) in [5.74, 6) is 15.6. The molecule has 714 valence electrons. The van der Waals surface area contributed by atoms with Gasteiger partial charge in [0.2, 0.25) is 6.79 Å². The van der Waals surface area contributed by atoms with Crippen molar-refractivity contribution in [1.29, 1.82) is 0 Å². The van der Waals surface area contributed by atoms with Crippen LogP contribution in [0.25, 0.3) is 11.1 Å². The predicted molar refractivity (Wildman–Crippen MR) is 517 cm³/mol.